The first kappa shape index (κ1) is 19.2. The molecule has 4 rings (SSSR count). The molecule has 2 atom stereocenters. The Bertz CT molecular complexity index is 1020. The number of anilines is 3. The Morgan fingerprint density at radius 3 is 2.24 bits per heavy atom. The van der Waals surface area contributed by atoms with E-state index in [0.717, 1.165) is 17.7 Å². The summed E-state index contributed by atoms with van der Waals surface area (Å²) in [6.07, 6.45) is 0.781. The molecule has 2 unspecified atom stereocenters. The predicted octanol–water partition coefficient (Wildman–Crippen LogP) is 3.74. The van der Waals surface area contributed by atoms with Crippen LogP contribution in [0.2, 0.25) is 0 Å². The van der Waals surface area contributed by atoms with Crippen molar-refractivity contribution in [2.75, 3.05) is 21.5 Å². The van der Waals surface area contributed by atoms with Gasteiger partial charge in [-0.05, 0) is 54.4 Å². The molecule has 3 aromatic rings. The normalized spacial score (nSPS) is 16.6. The number of carbonyl (C=O) groups excluding carboxylic acids is 1. The van der Waals surface area contributed by atoms with Crippen LogP contribution >= 0.6 is 0 Å². The summed E-state index contributed by atoms with van der Waals surface area (Å²) in [5, 5.41) is 5.54. The molecule has 3 aromatic carbocycles. The first-order valence-corrected chi connectivity index (χ1v) is 10.5. The van der Waals surface area contributed by atoms with Crippen molar-refractivity contribution in [3.05, 3.63) is 84.4 Å². The molecular weight excluding hydrogens is 384 g/mol. The van der Waals surface area contributed by atoms with Crippen LogP contribution in [0.25, 0.3) is 0 Å². The van der Waals surface area contributed by atoms with E-state index in [9.17, 15) is 9.00 Å². The van der Waals surface area contributed by atoms with E-state index >= 15 is 0 Å². The lowest BCUT2D eigenvalue weighted by molar-refractivity contribution is 0.262. The van der Waals surface area contributed by atoms with Gasteiger partial charge in [-0.15, -0.1) is 0 Å². The largest absolute Gasteiger partial charge is 0.326 e. The molecule has 0 bridgehead atoms. The molecule has 7 heteroatoms. The van der Waals surface area contributed by atoms with E-state index in [1.54, 1.807) is 24.3 Å². The fraction of sp³-hybridized carbons (Fsp3) is 0.136. The number of urea groups is 1. The molecule has 0 fully saturated rings. The molecule has 6 nitrogen and oxygen atoms in total. The van der Waals surface area contributed by atoms with Crippen molar-refractivity contribution in [2.45, 2.75) is 17.4 Å². The number of nitrogens with zero attached hydrogens (tertiary/aromatic N) is 1. The topological polar surface area (TPSA) is 87.5 Å². The molecule has 0 aliphatic carbocycles. The van der Waals surface area contributed by atoms with Crippen LogP contribution in [0.1, 0.15) is 5.56 Å². The summed E-state index contributed by atoms with van der Waals surface area (Å²) in [7, 11) is -1.38. The van der Waals surface area contributed by atoms with Gasteiger partial charge in [0.05, 0.1) is 10.6 Å². The van der Waals surface area contributed by atoms with Gasteiger partial charge < -0.3 is 16.4 Å². The van der Waals surface area contributed by atoms with Crippen molar-refractivity contribution >= 4 is 34.1 Å². The molecule has 1 aliphatic heterocycles. The lowest BCUT2D eigenvalue weighted by atomic mass is 10.0. The van der Waals surface area contributed by atoms with Gasteiger partial charge in [-0.1, -0.05) is 36.4 Å². The molecule has 29 heavy (non-hydrogen) atoms. The van der Waals surface area contributed by atoms with E-state index in [4.69, 9.17) is 5.73 Å². The third-order valence-corrected chi connectivity index (χ3v) is 6.11. The summed E-state index contributed by atoms with van der Waals surface area (Å²) < 4.78 is 15.0. The average molecular weight is 407 g/mol. The van der Waals surface area contributed by atoms with Crippen LogP contribution in [-0.4, -0.2) is 22.8 Å². The third kappa shape index (κ3) is 4.47. The van der Waals surface area contributed by atoms with E-state index in [2.05, 4.69) is 10.6 Å². The second kappa shape index (κ2) is 8.46. The molecule has 2 amide bonds. The highest BCUT2D eigenvalue weighted by molar-refractivity contribution is 7.86. The fourth-order valence-electron chi connectivity index (χ4n) is 3.34. The zero-order chi connectivity index (χ0) is 20.2. The number of nitrogens with one attached hydrogen (secondary N) is 2. The minimum absolute atomic E-state index is 0.0588. The quantitative estimate of drug-likeness (QED) is 0.617. The molecule has 148 valence electrons. The lowest BCUT2D eigenvalue weighted by Gasteiger charge is -2.33. The highest BCUT2D eigenvalue weighted by Crippen LogP contribution is 2.30. The number of hydrogen-bond acceptors (Lipinski definition) is 3. The summed E-state index contributed by atoms with van der Waals surface area (Å²) in [5.41, 5.74) is 9.56. The van der Waals surface area contributed by atoms with Gasteiger partial charge in [-0.2, -0.15) is 0 Å². The summed E-state index contributed by atoms with van der Waals surface area (Å²) >= 11 is 0. The Hall–Kier alpha value is -3.16. The van der Waals surface area contributed by atoms with Gasteiger partial charge in [0.15, 0.2) is 11.0 Å². The number of benzene rings is 3. The van der Waals surface area contributed by atoms with E-state index < -0.39 is 11.0 Å². The number of hydrogen-bond donors (Lipinski definition) is 3. The molecule has 0 saturated heterocycles. The van der Waals surface area contributed by atoms with Crippen molar-refractivity contribution in [3.63, 3.8) is 0 Å². The molecule has 1 aliphatic rings. The highest BCUT2D eigenvalue weighted by atomic mass is 32.2. The molecule has 0 aromatic heterocycles. The van der Waals surface area contributed by atoms with Crippen molar-refractivity contribution in [3.8, 4) is 0 Å². The van der Waals surface area contributed by atoms with Gasteiger partial charge in [0.1, 0.15) is 0 Å². The first-order valence-electron chi connectivity index (χ1n) is 9.36. The molecule has 1 heterocycles. The highest BCUT2D eigenvalue weighted by Gasteiger charge is 2.26. The number of fused-ring (bicyclic) bond motifs is 1. The van der Waals surface area contributed by atoms with Gasteiger partial charge in [-0.25, -0.2) is 9.00 Å². The van der Waals surface area contributed by atoms with Crippen molar-refractivity contribution in [2.24, 2.45) is 5.73 Å². The Morgan fingerprint density at radius 1 is 0.897 bits per heavy atom. The Morgan fingerprint density at radius 2 is 1.52 bits per heavy atom. The molecular formula is C22H22N4O2S. The van der Waals surface area contributed by atoms with Crippen LogP contribution in [0.5, 0.6) is 0 Å². The zero-order valence-electron chi connectivity index (χ0n) is 15.7. The van der Waals surface area contributed by atoms with Crippen LogP contribution in [0.4, 0.5) is 21.9 Å². The standard InChI is InChI=1S/C22H22N4O2S/c23-17-14-16-6-4-5-9-21(16)26(15-17)29(28)20-12-10-19(11-13-20)25-22(27)24-18-7-2-1-3-8-18/h1-13,17H,14-15,23H2,(H2,24,25,27). The zero-order valence-corrected chi connectivity index (χ0v) is 16.6. The van der Waals surface area contributed by atoms with Crippen LogP contribution in [0.15, 0.2) is 83.8 Å². The maximum atomic E-state index is 13.2. The third-order valence-electron chi connectivity index (χ3n) is 4.69. The van der Waals surface area contributed by atoms with Crippen LogP contribution in [-0.2, 0) is 17.4 Å². The Balaban J connectivity index is 1.45. The Kier molecular flexibility index (Phi) is 5.59. The molecule has 0 radical (unpaired) electrons. The number of rotatable bonds is 4. The van der Waals surface area contributed by atoms with Gasteiger partial charge in [-0.3, -0.25) is 4.31 Å². The van der Waals surface area contributed by atoms with Crippen LogP contribution in [0, 0.1) is 0 Å². The predicted molar refractivity (Wildman–Crippen MR) is 117 cm³/mol. The Labute approximate surface area is 172 Å². The maximum Gasteiger partial charge on any atom is 0.323 e. The summed E-state index contributed by atoms with van der Waals surface area (Å²) in [6.45, 7) is 0.531. The van der Waals surface area contributed by atoms with E-state index in [-0.39, 0.29) is 12.1 Å². The number of nitrogens with two attached hydrogens (primary N) is 1. The SMILES string of the molecule is NC1Cc2ccccc2N(S(=O)c2ccc(NC(=O)Nc3ccccc3)cc2)C1. The summed E-state index contributed by atoms with van der Waals surface area (Å²) in [6, 6.07) is 23.7. The summed E-state index contributed by atoms with van der Waals surface area (Å²) in [5.74, 6) is 0. The smallest absolute Gasteiger partial charge is 0.323 e. The second-order valence-corrected chi connectivity index (χ2v) is 8.28. The molecule has 0 saturated carbocycles. The van der Waals surface area contributed by atoms with E-state index in [0.29, 0.717) is 22.8 Å². The lowest BCUT2D eigenvalue weighted by Crippen LogP contribution is -2.44. The number of para-hydroxylation sites is 2. The van der Waals surface area contributed by atoms with Crippen molar-refractivity contribution in [1.82, 2.24) is 0 Å². The molecule has 0 spiro atoms. The maximum absolute atomic E-state index is 13.2. The van der Waals surface area contributed by atoms with Gasteiger partial charge in [0, 0.05) is 24.0 Å². The first-order chi connectivity index (χ1) is 14.1. The minimum Gasteiger partial charge on any atom is -0.326 e. The van der Waals surface area contributed by atoms with Gasteiger partial charge in [0.2, 0.25) is 0 Å². The van der Waals surface area contributed by atoms with E-state index in [1.165, 1.54) is 0 Å². The molecule has 4 N–H and O–H groups in total. The average Bonchev–Trinajstić information content (AvgIpc) is 2.74. The monoisotopic (exact) mass is 406 g/mol. The van der Waals surface area contributed by atoms with Crippen molar-refractivity contribution < 1.29 is 9.00 Å². The van der Waals surface area contributed by atoms with Gasteiger partial charge in [0.25, 0.3) is 0 Å². The second-order valence-electron chi connectivity index (χ2n) is 6.87. The van der Waals surface area contributed by atoms with E-state index in [1.807, 2.05) is 58.9 Å². The van der Waals surface area contributed by atoms with Crippen LogP contribution < -0.4 is 20.7 Å². The van der Waals surface area contributed by atoms with Crippen molar-refractivity contribution in [1.29, 1.82) is 0 Å². The van der Waals surface area contributed by atoms with Crippen LogP contribution in [0.3, 0.4) is 0 Å². The minimum atomic E-state index is -1.38. The number of amides is 2. The van der Waals surface area contributed by atoms with Gasteiger partial charge >= 0.3 is 6.03 Å². The summed E-state index contributed by atoms with van der Waals surface area (Å²) in [4.78, 5) is 12.8. The number of carbonyl (C=O) groups is 1. The fourth-order valence-corrected chi connectivity index (χ4v) is 4.65.